The Kier molecular flexibility index (Phi) is 5.83. The molecular formula is C11H24N2O2. The maximum absolute atomic E-state index is 11.7. The summed E-state index contributed by atoms with van der Waals surface area (Å²) in [5.41, 5.74) is 5.39. The summed E-state index contributed by atoms with van der Waals surface area (Å²) in [6, 6.07) is -0.477. The number of aliphatic hydroxyl groups is 1. The molecule has 15 heavy (non-hydrogen) atoms. The van der Waals surface area contributed by atoms with Crippen LogP contribution in [0.5, 0.6) is 0 Å². The molecule has 1 amide bonds. The van der Waals surface area contributed by atoms with Gasteiger partial charge in [0.2, 0.25) is 5.91 Å². The van der Waals surface area contributed by atoms with Crippen molar-refractivity contribution in [3.05, 3.63) is 0 Å². The van der Waals surface area contributed by atoms with Gasteiger partial charge in [-0.3, -0.25) is 4.79 Å². The van der Waals surface area contributed by atoms with Crippen LogP contribution in [0.4, 0.5) is 0 Å². The Balaban J connectivity index is 4.36. The molecule has 4 N–H and O–H groups in total. The third-order valence-electron chi connectivity index (χ3n) is 2.89. The molecule has 0 aliphatic carbocycles. The van der Waals surface area contributed by atoms with E-state index >= 15 is 0 Å². The zero-order valence-corrected chi connectivity index (χ0v) is 10.2. The average Bonchev–Trinajstić information content (AvgIpc) is 2.16. The zero-order chi connectivity index (χ0) is 12.1. The number of aliphatic hydroxyl groups excluding tert-OH is 1. The molecule has 0 fully saturated rings. The molecule has 0 heterocycles. The fourth-order valence-electron chi connectivity index (χ4n) is 1.26. The lowest BCUT2D eigenvalue weighted by atomic mass is 9.93. The van der Waals surface area contributed by atoms with Crippen LogP contribution in [0.3, 0.4) is 0 Å². The Morgan fingerprint density at radius 1 is 1.53 bits per heavy atom. The number of amides is 1. The van der Waals surface area contributed by atoms with E-state index in [9.17, 15) is 4.79 Å². The lowest BCUT2D eigenvalue weighted by Crippen LogP contribution is -2.53. The summed E-state index contributed by atoms with van der Waals surface area (Å²) in [6.45, 7) is 7.81. The highest BCUT2D eigenvalue weighted by molar-refractivity contribution is 5.82. The Labute approximate surface area is 92.2 Å². The Bertz CT molecular complexity index is 207. The SMILES string of the molecule is CCC(C)(CCO)NC(=O)[C@H](N)C(C)C. The summed E-state index contributed by atoms with van der Waals surface area (Å²) in [7, 11) is 0. The van der Waals surface area contributed by atoms with Crippen LogP contribution in [-0.4, -0.2) is 29.2 Å². The standard InChI is InChI=1S/C11H24N2O2/c1-5-11(4,6-7-14)13-10(15)9(12)8(2)3/h8-9,14H,5-7,12H2,1-4H3,(H,13,15)/t9-,11?/m1/s1. The van der Waals surface area contributed by atoms with Crippen LogP contribution < -0.4 is 11.1 Å². The number of nitrogens with one attached hydrogen (secondary N) is 1. The summed E-state index contributed by atoms with van der Waals surface area (Å²) in [5, 5.41) is 11.8. The van der Waals surface area contributed by atoms with Gasteiger partial charge in [-0.15, -0.1) is 0 Å². The molecule has 0 saturated carbocycles. The van der Waals surface area contributed by atoms with Crippen molar-refractivity contribution in [3.63, 3.8) is 0 Å². The van der Waals surface area contributed by atoms with Gasteiger partial charge >= 0.3 is 0 Å². The van der Waals surface area contributed by atoms with Gasteiger partial charge in [0.05, 0.1) is 6.04 Å². The van der Waals surface area contributed by atoms with Crippen molar-refractivity contribution < 1.29 is 9.90 Å². The Hall–Kier alpha value is -0.610. The van der Waals surface area contributed by atoms with E-state index in [0.717, 1.165) is 6.42 Å². The molecule has 0 rings (SSSR count). The molecule has 0 bridgehead atoms. The van der Waals surface area contributed by atoms with E-state index in [-0.39, 0.29) is 24.0 Å². The zero-order valence-electron chi connectivity index (χ0n) is 10.2. The van der Waals surface area contributed by atoms with Crippen LogP contribution in [0, 0.1) is 5.92 Å². The van der Waals surface area contributed by atoms with E-state index in [2.05, 4.69) is 5.32 Å². The highest BCUT2D eigenvalue weighted by atomic mass is 16.3. The lowest BCUT2D eigenvalue weighted by Gasteiger charge is -2.31. The molecule has 0 aromatic carbocycles. The second-order valence-corrected chi connectivity index (χ2v) is 4.65. The van der Waals surface area contributed by atoms with Crippen LogP contribution in [0.1, 0.15) is 40.5 Å². The van der Waals surface area contributed by atoms with Gasteiger partial charge in [-0.1, -0.05) is 20.8 Å². The van der Waals surface area contributed by atoms with Gasteiger partial charge in [0, 0.05) is 12.1 Å². The summed E-state index contributed by atoms with van der Waals surface area (Å²) >= 11 is 0. The smallest absolute Gasteiger partial charge is 0.237 e. The van der Waals surface area contributed by atoms with Crippen molar-refractivity contribution in [2.75, 3.05) is 6.61 Å². The average molecular weight is 216 g/mol. The van der Waals surface area contributed by atoms with Crippen LogP contribution in [0.2, 0.25) is 0 Å². The molecule has 0 spiro atoms. The van der Waals surface area contributed by atoms with Crippen molar-refractivity contribution in [2.45, 2.75) is 52.1 Å². The second kappa shape index (κ2) is 6.08. The van der Waals surface area contributed by atoms with Crippen molar-refractivity contribution in [1.82, 2.24) is 5.32 Å². The maximum Gasteiger partial charge on any atom is 0.237 e. The molecule has 0 radical (unpaired) electrons. The van der Waals surface area contributed by atoms with E-state index in [1.54, 1.807) is 0 Å². The molecule has 4 nitrogen and oxygen atoms in total. The Morgan fingerprint density at radius 2 is 2.07 bits per heavy atom. The molecule has 0 aliphatic heterocycles. The topological polar surface area (TPSA) is 75.3 Å². The predicted molar refractivity (Wildman–Crippen MR) is 61.4 cm³/mol. The van der Waals surface area contributed by atoms with E-state index in [0.29, 0.717) is 6.42 Å². The first-order valence-electron chi connectivity index (χ1n) is 5.54. The molecule has 1 unspecified atom stereocenters. The highest BCUT2D eigenvalue weighted by Gasteiger charge is 2.27. The van der Waals surface area contributed by atoms with Crippen molar-refractivity contribution in [3.8, 4) is 0 Å². The van der Waals surface area contributed by atoms with Crippen LogP contribution >= 0.6 is 0 Å². The van der Waals surface area contributed by atoms with Crippen LogP contribution in [-0.2, 0) is 4.79 Å². The van der Waals surface area contributed by atoms with E-state index in [1.807, 2.05) is 27.7 Å². The second-order valence-electron chi connectivity index (χ2n) is 4.65. The van der Waals surface area contributed by atoms with E-state index < -0.39 is 6.04 Å². The molecule has 2 atom stereocenters. The number of rotatable bonds is 6. The molecule has 90 valence electrons. The maximum atomic E-state index is 11.7. The number of carbonyl (C=O) groups is 1. The van der Waals surface area contributed by atoms with E-state index in [1.165, 1.54) is 0 Å². The first-order valence-corrected chi connectivity index (χ1v) is 5.54. The monoisotopic (exact) mass is 216 g/mol. The number of carbonyl (C=O) groups excluding carboxylic acids is 1. The minimum Gasteiger partial charge on any atom is -0.396 e. The highest BCUT2D eigenvalue weighted by Crippen LogP contribution is 2.14. The summed E-state index contributed by atoms with van der Waals surface area (Å²) in [5.74, 6) is -0.0111. The molecule has 0 aromatic rings. The number of hydrogen-bond acceptors (Lipinski definition) is 3. The largest absolute Gasteiger partial charge is 0.396 e. The fourth-order valence-corrected chi connectivity index (χ4v) is 1.26. The molecule has 0 saturated heterocycles. The van der Waals surface area contributed by atoms with Gasteiger partial charge < -0.3 is 16.2 Å². The van der Waals surface area contributed by atoms with Crippen LogP contribution in [0.25, 0.3) is 0 Å². The molecule has 4 heteroatoms. The number of nitrogens with two attached hydrogens (primary N) is 1. The van der Waals surface area contributed by atoms with Gasteiger partial charge in [0.15, 0.2) is 0 Å². The van der Waals surface area contributed by atoms with Crippen LogP contribution in [0.15, 0.2) is 0 Å². The molecular weight excluding hydrogens is 192 g/mol. The van der Waals surface area contributed by atoms with Crippen molar-refractivity contribution in [2.24, 2.45) is 11.7 Å². The van der Waals surface area contributed by atoms with Gasteiger partial charge in [-0.05, 0) is 25.7 Å². The predicted octanol–water partition coefficient (Wildman–Crippen LogP) is 0.637. The molecule has 0 aromatic heterocycles. The third-order valence-corrected chi connectivity index (χ3v) is 2.89. The Morgan fingerprint density at radius 3 is 2.40 bits per heavy atom. The van der Waals surface area contributed by atoms with Gasteiger partial charge in [0.1, 0.15) is 0 Å². The number of hydrogen-bond donors (Lipinski definition) is 3. The summed E-state index contributed by atoms with van der Waals surface area (Å²) in [6.07, 6.45) is 1.34. The quantitative estimate of drug-likeness (QED) is 0.610. The minimum absolute atomic E-state index is 0.0710. The van der Waals surface area contributed by atoms with Crippen molar-refractivity contribution in [1.29, 1.82) is 0 Å². The van der Waals surface area contributed by atoms with Gasteiger partial charge in [0.25, 0.3) is 0 Å². The molecule has 0 aliphatic rings. The first-order chi connectivity index (χ1) is 6.86. The summed E-state index contributed by atoms with van der Waals surface area (Å²) in [4.78, 5) is 11.7. The summed E-state index contributed by atoms with van der Waals surface area (Å²) < 4.78 is 0. The fraction of sp³-hybridized carbons (Fsp3) is 0.909. The van der Waals surface area contributed by atoms with E-state index in [4.69, 9.17) is 10.8 Å². The van der Waals surface area contributed by atoms with Gasteiger partial charge in [-0.2, -0.15) is 0 Å². The van der Waals surface area contributed by atoms with Crippen molar-refractivity contribution >= 4 is 5.91 Å². The van der Waals surface area contributed by atoms with Gasteiger partial charge in [-0.25, -0.2) is 0 Å². The third kappa shape index (κ3) is 4.62. The lowest BCUT2D eigenvalue weighted by molar-refractivity contribution is -0.125. The first kappa shape index (κ1) is 14.4. The minimum atomic E-state index is -0.477. The normalized spacial score (nSPS) is 17.3.